The summed E-state index contributed by atoms with van der Waals surface area (Å²) in [5, 5.41) is 2.77. The van der Waals surface area contributed by atoms with Crippen molar-refractivity contribution in [2.45, 2.75) is 45.1 Å². The Balaban J connectivity index is 2.28. The van der Waals surface area contributed by atoms with Crippen molar-refractivity contribution in [3.63, 3.8) is 0 Å². The smallest absolute Gasteiger partial charge is 0.329 e. The van der Waals surface area contributed by atoms with Crippen LogP contribution in [0.1, 0.15) is 45.2 Å². The minimum Gasteiger partial charge on any atom is -0.329 e. The molecule has 0 aliphatic carbocycles. The Labute approximate surface area is 135 Å². The van der Waals surface area contributed by atoms with Gasteiger partial charge in [-0.1, -0.05) is 39.5 Å². The highest BCUT2D eigenvalue weighted by Gasteiger charge is 2.30. The summed E-state index contributed by atoms with van der Waals surface area (Å²) >= 11 is 0. The summed E-state index contributed by atoms with van der Waals surface area (Å²) in [6.45, 7) is 10.2. The lowest BCUT2D eigenvalue weighted by atomic mass is 9.86. The number of para-hydroxylation sites is 1. The van der Waals surface area contributed by atoms with Crippen LogP contribution in [-0.4, -0.2) is 15.0 Å². The number of piperidine rings is 1. The number of nitrogens with one attached hydrogen (secondary N) is 1. The van der Waals surface area contributed by atoms with Gasteiger partial charge in [-0.25, -0.2) is 4.79 Å². The number of fused-ring (bicyclic) bond motifs is 1. The van der Waals surface area contributed by atoms with E-state index in [1.165, 1.54) is 0 Å². The van der Waals surface area contributed by atoms with E-state index in [0.29, 0.717) is 12.8 Å². The third-order valence-electron chi connectivity index (χ3n) is 4.54. The van der Waals surface area contributed by atoms with E-state index in [1.54, 1.807) is 16.2 Å². The fourth-order valence-corrected chi connectivity index (χ4v) is 3.35. The molecule has 2 aromatic rings. The zero-order chi connectivity index (χ0) is 16.9. The quantitative estimate of drug-likeness (QED) is 0.880. The number of nitrogens with zero attached hydrogens (tertiary/aromatic N) is 2. The summed E-state index contributed by atoms with van der Waals surface area (Å²) in [6.07, 6.45) is 1.29. The molecule has 1 aromatic carbocycles. The van der Waals surface area contributed by atoms with E-state index < -0.39 is 6.04 Å². The van der Waals surface area contributed by atoms with Gasteiger partial charge in [-0.3, -0.25) is 13.9 Å². The van der Waals surface area contributed by atoms with E-state index >= 15 is 0 Å². The number of aryl methyl sites for hydroxylation is 1. The predicted molar refractivity (Wildman–Crippen MR) is 91.4 cm³/mol. The molecule has 1 fully saturated rings. The molecule has 5 heteroatoms. The van der Waals surface area contributed by atoms with Crippen LogP contribution in [0.5, 0.6) is 0 Å². The standard InChI is InChI=1S/C18H23N3O2/c1-11-9-10-14(16(22)19-11)21-13-8-6-7-12(18(2,3)4)15(13)20(5)17(21)23/h6-8,14H,1,9-10H2,2-5H3,(H,19,22). The fourth-order valence-electron chi connectivity index (χ4n) is 3.35. The Morgan fingerprint density at radius 1 is 1.26 bits per heavy atom. The SMILES string of the molecule is C=C1CCC(n2c(=O)n(C)c3c(C(C)(C)C)cccc32)C(=O)N1. The first-order chi connectivity index (χ1) is 10.7. The molecule has 122 valence electrons. The van der Waals surface area contributed by atoms with Gasteiger partial charge < -0.3 is 5.32 Å². The van der Waals surface area contributed by atoms with Crippen LogP contribution in [0.25, 0.3) is 11.0 Å². The molecule has 1 aliphatic rings. The number of carbonyl (C=O) groups is 1. The van der Waals surface area contributed by atoms with E-state index in [-0.39, 0.29) is 17.0 Å². The molecule has 1 saturated heterocycles. The number of hydrogen-bond donors (Lipinski definition) is 1. The summed E-state index contributed by atoms with van der Waals surface area (Å²) in [7, 11) is 1.77. The Morgan fingerprint density at radius 2 is 1.96 bits per heavy atom. The first kappa shape index (κ1) is 15.6. The lowest BCUT2D eigenvalue weighted by molar-refractivity contribution is -0.124. The number of hydrogen-bond acceptors (Lipinski definition) is 2. The van der Waals surface area contributed by atoms with Crippen molar-refractivity contribution in [2.24, 2.45) is 7.05 Å². The van der Waals surface area contributed by atoms with Crippen LogP contribution in [0.2, 0.25) is 0 Å². The molecule has 1 amide bonds. The number of aromatic nitrogens is 2. The molecule has 1 aromatic heterocycles. The van der Waals surface area contributed by atoms with Gasteiger partial charge in [0.2, 0.25) is 5.91 Å². The monoisotopic (exact) mass is 313 g/mol. The summed E-state index contributed by atoms with van der Waals surface area (Å²) in [4.78, 5) is 25.2. The maximum atomic E-state index is 12.8. The zero-order valence-corrected chi connectivity index (χ0v) is 14.1. The Hall–Kier alpha value is -2.30. The van der Waals surface area contributed by atoms with Crippen LogP contribution in [0.4, 0.5) is 0 Å². The van der Waals surface area contributed by atoms with Crippen molar-refractivity contribution in [3.05, 3.63) is 46.5 Å². The lowest BCUT2D eigenvalue weighted by Crippen LogP contribution is -2.40. The third kappa shape index (κ3) is 2.40. The van der Waals surface area contributed by atoms with Gasteiger partial charge in [0.1, 0.15) is 6.04 Å². The summed E-state index contributed by atoms with van der Waals surface area (Å²) < 4.78 is 3.29. The minimum atomic E-state index is -0.480. The first-order valence-electron chi connectivity index (χ1n) is 7.91. The predicted octanol–water partition coefficient (Wildman–Crippen LogP) is 2.60. The third-order valence-corrected chi connectivity index (χ3v) is 4.54. The number of benzene rings is 1. The van der Waals surface area contributed by atoms with Crippen LogP contribution in [0.3, 0.4) is 0 Å². The van der Waals surface area contributed by atoms with Gasteiger partial charge in [0.05, 0.1) is 11.0 Å². The maximum Gasteiger partial charge on any atom is 0.329 e. The second kappa shape index (κ2) is 5.11. The van der Waals surface area contributed by atoms with Gasteiger partial charge in [-0.05, 0) is 29.9 Å². The average Bonchev–Trinajstić information content (AvgIpc) is 2.71. The van der Waals surface area contributed by atoms with Crippen molar-refractivity contribution in [2.75, 3.05) is 0 Å². The van der Waals surface area contributed by atoms with Crippen LogP contribution in [0.15, 0.2) is 35.3 Å². The van der Waals surface area contributed by atoms with Crippen molar-refractivity contribution in [1.29, 1.82) is 0 Å². The van der Waals surface area contributed by atoms with E-state index in [4.69, 9.17) is 0 Å². The minimum absolute atomic E-state index is 0.0843. The molecule has 0 saturated carbocycles. The first-order valence-corrected chi connectivity index (χ1v) is 7.91. The van der Waals surface area contributed by atoms with E-state index in [1.807, 2.05) is 12.1 Å². The van der Waals surface area contributed by atoms with Gasteiger partial charge in [0, 0.05) is 12.7 Å². The number of amides is 1. The Morgan fingerprint density at radius 3 is 2.57 bits per heavy atom. The molecular weight excluding hydrogens is 290 g/mol. The second-order valence-electron chi connectivity index (χ2n) is 7.28. The summed E-state index contributed by atoms with van der Waals surface area (Å²) in [5.74, 6) is -0.156. The molecule has 0 spiro atoms. The van der Waals surface area contributed by atoms with Crippen LogP contribution in [-0.2, 0) is 17.3 Å². The van der Waals surface area contributed by atoms with Gasteiger partial charge >= 0.3 is 5.69 Å². The number of carbonyl (C=O) groups excluding carboxylic acids is 1. The van der Waals surface area contributed by atoms with Crippen molar-refractivity contribution >= 4 is 16.9 Å². The largest absolute Gasteiger partial charge is 0.329 e. The molecule has 1 unspecified atom stereocenters. The molecule has 3 rings (SSSR count). The number of imidazole rings is 1. The second-order valence-corrected chi connectivity index (χ2v) is 7.28. The highest BCUT2D eigenvalue weighted by molar-refractivity contribution is 5.87. The topological polar surface area (TPSA) is 56.0 Å². The van der Waals surface area contributed by atoms with Crippen LogP contribution >= 0.6 is 0 Å². The molecule has 1 N–H and O–H groups in total. The molecule has 5 nitrogen and oxygen atoms in total. The Bertz CT molecular complexity index is 865. The molecule has 23 heavy (non-hydrogen) atoms. The van der Waals surface area contributed by atoms with Crippen molar-refractivity contribution in [1.82, 2.24) is 14.5 Å². The van der Waals surface area contributed by atoms with Gasteiger partial charge in [0.15, 0.2) is 0 Å². The molecule has 1 atom stereocenters. The van der Waals surface area contributed by atoms with Crippen molar-refractivity contribution in [3.8, 4) is 0 Å². The number of rotatable bonds is 1. The number of allylic oxidation sites excluding steroid dienone is 1. The molecular formula is C18H23N3O2. The van der Waals surface area contributed by atoms with E-state index in [2.05, 4.69) is 38.7 Å². The van der Waals surface area contributed by atoms with Gasteiger partial charge in [-0.2, -0.15) is 0 Å². The van der Waals surface area contributed by atoms with E-state index in [9.17, 15) is 9.59 Å². The van der Waals surface area contributed by atoms with Gasteiger partial charge in [-0.15, -0.1) is 0 Å². The normalized spacial score (nSPS) is 19.2. The van der Waals surface area contributed by atoms with Crippen molar-refractivity contribution < 1.29 is 4.79 Å². The summed E-state index contributed by atoms with van der Waals surface area (Å²) in [6, 6.07) is 5.45. The molecule has 0 radical (unpaired) electrons. The molecule has 2 heterocycles. The summed E-state index contributed by atoms with van der Waals surface area (Å²) in [5.41, 5.74) is 3.31. The average molecular weight is 313 g/mol. The lowest BCUT2D eigenvalue weighted by Gasteiger charge is -2.25. The van der Waals surface area contributed by atoms with Crippen LogP contribution in [0, 0.1) is 0 Å². The fraction of sp³-hybridized carbons (Fsp3) is 0.444. The maximum absolute atomic E-state index is 12.8. The zero-order valence-electron chi connectivity index (χ0n) is 14.1. The molecule has 0 bridgehead atoms. The highest BCUT2D eigenvalue weighted by atomic mass is 16.2. The Kier molecular flexibility index (Phi) is 3.47. The molecule has 1 aliphatic heterocycles. The van der Waals surface area contributed by atoms with Gasteiger partial charge in [0.25, 0.3) is 0 Å². The highest BCUT2D eigenvalue weighted by Crippen LogP contribution is 2.31. The van der Waals surface area contributed by atoms with E-state index in [0.717, 1.165) is 22.3 Å². The van der Waals surface area contributed by atoms with Crippen LogP contribution < -0.4 is 11.0 Å².